The maximum absolute atomic E-state index is 12.9. The molecule has 0 saturated carbocycles. The Morgan fingerprint density at radius 2 is 0.716 bits per heavy atom. The average Bonchev–Trinajstić information content (AvgIpc) is 1.59. The smallest absolute Gasteiger partial charge is 0.321 e. The monoisotopic (exact) mass is 1630 g/mol. The van der Waals surface area contributed by atoms with Gasteiger partial charge in [-0.25, -0.2) is 79.2 Å². The molecule has 0 unspecified atom stereocenters. The Morgan fingerprint density at radius 3 is 1.03 bits per heavy atom. The number of anilines is 9. The molecule has 3 fully saturated rings. The number of aliphatic carboxylic acids is 1. The van der Waals surface area contributed by atoms with Crippen molar-refractivity contribution in [3.63, 3.8) is 0 Å². The molecule has 0 bridgehead atoms. The summed E-state index contributed by atoms with van der Waals surface area (Å²) < 4.78 is 12.6. The summed E-state index contributed by atoms with van der Waals surface area (Å²) in [5.41, 5.74) is 12.4. The summed E-state index contributed by atoms with van der Waals surface area (Å²) in [6, 6.07) is 13.3. The van der Waals surface area contributed by atoms with Gasteiger partial charge < -0.3 is 61.6 Å². The molecule has 0 radical (unpaired) electrons. The molecule has 11 aromatic rings. The van der Waals surface area contributed by atoms with Crippen LogP contribution < -0.4 is 63.0 Å². The fraction of sp³-hybridized carbons (Fsp3) is 0.364. The lowest BCUT2D eigenvalue weighted by Gasteiger charge is -2.37. The molecule has 14 rings (SSSR count). The topological polar surface area (TPSA) is 475 Å². The summed E-state index contributed by atoms with van der Waals surface area (Å²) in [6.07, 6.45) is 20.0. The number of carboxylic acid groups (broad SMARTS) is 1. The third-order valence-corrected chi connectivity index (χ3v) is 22.7. The summed E-state index contributed by atoms with van der Waals surface area (Å²) >= 11 is 3.79. The van der Waals surface area contributed by atoms with Crippen LogP contribution in [0, 0.1) is 16.2 Å². The number of hydrogen-bond donors (Lipinski definition) is 10. The Morgan fingerprint density at radius 1 is 0.414 bits per heavy atom. The number of piperidine rings is 3. The number of nitrogens with one attached hydrogen (secondary N) is 8. The molecule has 3 saturated heterocycles. The van der Waals surface area contributed by atoms with Gasteiger partial charge in [0.25, 0.3) is 11.8 Å². The second-order valence-corrected chi connectivity index (χ2v) is 30.9. The van der Waals surface area contributed by atoms with E-state index >= 15 is 0 Å². The molecule has 39 heteroatoms. The predicted octanol–water partition coefficient (Wildman–Crippen LogP) is 11.4. The van der Waals surface area contributed by atoms with E-state index in [1.54, 1.807) is 68.4 Å². The Labute approximate surface area is 677 Å². The summed E-state index contributed by atoms with van der Waals surface area (Å²) in [5, 5.41) is 32.7. The first-order valence-corrected chi connectivity index (χ1v) is 40.0. The van der Waals surface area contributed by atoms with Gasteiger partial charge in [-0.3, -0.25) is 39.9 Å². The lowest BCUT2D eigenvalue weighted by Crippen LogP contribution is -2.44. The summed E-state index contributed by atoms with van der Waals surface area (Å²) in [5.74, 6) is -0.291. The van der Waals surface area contributed by atoms with Gasteiger partial charge in [0, 0.05) is 138 Å². The number of thiazole rings is 3. The number of amides is 8. The highest BCUT2D eigenvalue weighted by Crippen LogP contribution is 2.42. The number of urea groups is 3. The van der Waals surface area contributed by atoms with Crippen LogP contribution in [0.5, 0.6) is 0 Å². The highest BCUT2D eigenvalue weighted by molar-refractivity contribution is 7.23. The van der Waals surface area contributed by atoms with Crippen LogP contribution in [0.2, 0.25) is 0 Å². The molecule has 3 aromatic carbocycles. The normalized spacial score (nSPS) is 14.6. The number of carbonyl (C=O) groups is 8. The Bertz CT molecular complexity index is 5370. The largest absolute Gasteiger partial charge is 0.481 e. The molecular formula is C77H87N25O11S3. The number of carboxylic acids is 1. The number of esters is 2. The average molecular weight is 1630 g/mol. The van der Waals surface area contributed by atoms with Crippen molar-refractivity contribution in [3.8, 4) is 33.4 Å². The second kappa shape index (κ2) is 36.9. The zero-order valence-electron chi connectivity index (χ0n) is 64.9. The summed E-state index contributed by atoms with van der Waals surface area (Å²) in [7, 11) is 0. The zero-order valence-corrected chi connectivity index (χ0v) is 67.3. The third kappa shape index (κ3) is 19.8. The van der Waals surface area contributed by atoms with Gasteiger partial charge in [0.1, 0.15) is 0 Å². The van der Waals surface area contributed by atoms with Crippen molar-refractivity contribution in [2.45, 2.75) is 93.9 Å². The van der Waals surface area contributed by atoms with Gasteiger partial charge in [-0.2, -0.15) is 0 Å². The van der Waals surface area contributed by atoms with Gasteiger partial charge in [0.15, 0.2) is 15.4 Å². The van der Waals surface area contributed by atoms with E-state index < -0.39 is 34.0 Å². The molecule has 3 aliphatic rings. The van der Waals surface area contributed by atoms with Crippen LogP contribution in [0.25, 0.3) is 64.0 Å². The third-order valence-electron chi connectivity index (χ3n) is 19.6. The van der Waals surface area contributed by atoms with E-state index in [1.807, 2.05) is 77.6 Å². The molecule has 0 atom stereocenters. The van der Waals surface area contributed by atoms with Gasteiger partial charge in [-0.1, -0.05) is 34.0 Å². The van der Waals surface area contributed by atoms with Gasteiger partial charge in [0.05, 0.1) is 77.2 Å². The molecule has 3 aliphatic heterocycles. The molecule has 8 amide bonds. The van der Waals surface area contributed by atoms with Crippen molar-refractivity contribution in [2.75, 3.05) is 119 Å². The Balaban J connectivity index is 0.000000161. The highest BCUT2D eigenvalue weighted by Gasteiger charge is 2.41. The second-order valence-electron chi connectivity index (χ2n) is 27.9. The van der Waals surface area contributed by atoms with Crippen molar-refractivity contribution in [2.24, 2.45) is 16.2 Å². The highest BCUT2D eigenvalue weighted by atomic mass is 32.1. The first kappa shape index (κ1) is 82.5. The molecule has 0 aliphatic carbocycles. The number of nitrogens with two attached hydrogens (primary N) is 1. The Kier molecular flexibility index (Phi) is 26.3. The number of fused-ring (bicyclic) bond motifs is 3. The van der Waals surface area contributed by atoms with Crippen LogP contribution in [-0.2, 0) is 23.9 Å². The quantitative estimate of drug-likeness (QED) is 0.0236. The molecule has 11 heterocycles. The van der Waals surface area contributed by atoms with Gasteiger partial charge in [-0.05, 0) is 159 Å². The number of nitrogen functional groups attached to an aromatic ring is 1. The predicted molar refractivity (Wildman–Crippen MR) is 444 cm³/mol. The molecular weight excluding hydrogens is 1550 g/mol. The minimum atomic E-state index is -0.785. The molecule has 11 N–H and O–H groups in total. The fourth-order valence-electron chi connectivity index (χ4n) is 12.8. The Hall–Kier alpha value is -12.9. The fourth-order valence-corrected chi connectivity index (χ4v) is 15.5. The lowest BCUT2D eigenvalue weighted by atomic mass is 9.80. The van der Waals surface area contributed by atoms with Crippen LogP contribution in [0.4, 0.5) is 64.7 Å². The van der Waals surface area contributed by atoms with Crippen molar-refractivity contribution in [1.29, 1.82) is 0 Å². The van der Waals surface area contributed by atoms with Crippen molar-refractivity contribution < 1.29 is 52.9 Å². The minimum Gasteiger partial charge on any atom is -0.481 e. The maximum atomic E-state index is 12.9. The minimum absolute atomic E-state index is 0.0134. The molecule has 116 heavy (non-hydrogen) atoms. The van der Waals surface area contributed by atoms with E-state index in [0.717, 1.165) is 21.4 Å². The standard InChI is InChI=1S/C28H31N9O4S.C26H27N9O4S.C23H29N7O3S/c1-4-29-26(40)36-27-35-20-14-17(13-19(21(20)42-27)34-23(38)22-30-9-6-10-31-22)18-15-32-25(33-16-18)37-11-7-28(3,8-12-37)24(39)41-5-2;1-3-27-24(39)34-25-33-18-12-15(11-17(19(18)40-25)32-21(36)20-28-7-4-8-29-20)16-13-30-23(31-14-16)35-9-5-26(2,6-10-35)22(37)38;1-4-25-21(32)29-22-28-17-11-14(10-16(24)18(17)34-22)15-12-26-20(27-13-15)30-8-6-23(3,7-9-30)19(31)33-5-2/h6,9-10,13-16H,4-5,7-8,11-12H2,1-3H3,(H,34,38)(H2,29,35,36,40);4,7-8,11-14H,3,5-6,9-10H2,1-2H3,(H,32,36)(H,37,38)(H2,27,33,34,39);10-13H,4-9,24H2,1-3H3,(H2,25,28,29,32). The molecule has 36 nitrogen and oxygen atoms in total. The first-order chi connectivity index (χ1) is 55.9. The van der Waals surface area contributed by atoms with E-state index in [4.69, 9.17) is 15.2 Å². The summed E-state index contributed by atoms with van der Waals surface area (Å²) in [6.45, 7) is 20.8. The summed E-state index contributed by atoms with van der Waals surface area (Å²) in [4.78, 5) is 161. The van der Waals surface area contributed by atoms with Crippen molar-refractivity contribution >= 4 is 163 Å². The van der Waals surface area contributed by atoms with Gasteiger partial charge >= 0.3 is 36.0 Å². The number of ether oxygens (including phenoxy) is 2. The number of aromatic nitrogens is 13. The van der Waals surface area contributed by atoms with Crippen LogP contribution in [-0.4, -0.2) is 190 Å². The van der Waals surface area contributed by atoms with E-state index in [2.05, 4.69) is 117 Å². The van der Waals surface area contributed by atoms with Crippen LogP contribution in [0.1, 0.15) is 115 Å². The molecule has 8 aromatic heterocycles. The van der Waals surface area contributed by atoms with Crippen LogP contribution in [0.3, 0.4) is 0 Å². The van der Waals surface area contributed by atoms with E-state index in [0.29, 0.717) is 204 Å². The molecule has 604 valence electrons. The maximum Gasteiger partial charge on any atom is 0.321 e. The molecule has 0 spiro atoms. The van der Waals surface area contributed by atoms with Crippen molar-refractivity contribution in [1.82, 2.24) is 80.7 Å². The number of carbonyl (C=O) groups excluding carboxylic acids is 7. The number of hydrogen-bond acceptors (Lipinski definition) is 30. The van der Waals surface area contributed by atoms with Crippen LogP contribution >= 0.6 is 34.0 Å². The number of nitrogens with zero attached hydrogens (tertiary/aromatic N) is 16. The number of rotatable bonds is 21. The lowest BCUT2D eigenvalue weighted by molar-refractivity contribution is -0.156. The van der Waals surface area contributed by atoms with E-state index in [1.165, 1.54) is 58.8 Å². The SMILES string of the molecule is CCNC(=O)Nc1nc2cc(-c3cnc(N4CCC(C)(C(=O)O)CC4)nc3)cc(NC(=O)c3ncccn3)c2s1.CCNC(=O)Nc1nc2cc(-c3cnc(N4CCC(C)(C(=O)OCC)CC4)nc3)cc(N)c2s1.CCNC(=O)Nc1nc2cc(-c3cnc(N4CCC(C)(C(=O)OCC)CC4)nc3)cc(NC(=O)c3ncccn3)c2s1. The van der Waals surface area contributed by atoms with E-state index in [-0.39, 0.29) is 41.7 Å². The van der Waals surface area contributed by atoms with Crippen molar-refractivity contribution in [3.05, 3.63) is 122 Å². The zero-order chi connectivity index (χ0) is 82.3. The van der Waals surface area contributed by atoms with Gasteiger partial charge in [0.2, 0.25) is 29.5 Å². The first-order valence-electron chi connectivity index (χ1n) is 37.6. The van der Waals surface area contributed by atoms with Crippen LogP contribution in [0.15, 0.2) is 110 Å². The van der Waals surface area contributed by atoms with Gasteiger partial charge in [-0.15, -0.1) is 0 Å². The number of benzene rings is 3. The van der Waals surface area contributed by atoms with E-state index in [9.17, 15) is 43.5 Å².